The summed E-state index contributed by atoms with van der Waals surface area (Å²) in [4.78, 5) is 4.35. The van der Waals surface area contributed by atoms with Crippen LogP contribution in [0.4, 0.5) is 0 Å². The molecule has 5 heteroatoms. The van der Waals surface area contributed by atoms with Crippen LogP contribution in [-0.4, -0.2) is 21.8 Å². The first-order valence-corrected chi connectivity index (χ1v) is 6.23. The Morgan fingerprint density at radius 2 is 2.22 bits per heavy atom. The quantitative estimate of drug-likeness (QED) is 0.881. The Labute approximate surface area is 107 Å². The lowest BCUT2D eigenvalue weighted by Crippen LogP contribution is -2.21. The van der Waals surface area contributed by atoms with Gasteiger partial charge in [0.1, 0.15) is 17.9 Å². The molecule has 0 spiro atoms. The van der Waals surface area contributed by atoms with E-state index in [0.717, 1.165) is 18.0 Å². The Hall–Kier alpha value is -1.62. The molecule has 2 aromatic rings. The molecule has 0 aliphatic heterocycles. The van der Waals surface area contributed by atoms with E-state index in [1.165, 1.54) is 5.56 Å². The summed E-state index contributed by atoms with van der Waals surface area (Å²) >= 11 is 0. The zero-order valence-electron chi connectivity index (χ0n) is 11.3. The van der Waals surface area contributed by atoms with Crippen LogP contribution in [0.2, 0.25) is 0 Å². The van der Waals surface area contributed by atoms with Crippen LogP contribution in [0.3, 0.4) is 0 Å². The van der Waals surface area contributed by atoms with Crippen molar-refractivity contribution in [3.8, 4) is 0 Å². The number of aromatic nitrogens is 3. The minimum absolute atomic E-state index is 0.199. The molecule has 1 unspecified atom stereocenters. The lowest BCUT2D eigenvalue weighted by atomic mass is 10.0. The molecule has 0 saturated carbocycles. The Bertz CT molecular complexity index is 501. The molecule has 18 heavy (non-hydrogen) atoms. The first-order chi connectivity index (χ1) is 8.63. The number of aryl methyl sites for hydroxylation is 1. The molecule has 0 aliphatic rings. The van der Waals surface area contributed by atoms with Gasteiger partial charge in [-0.1, -0.05) is 0 Å². The van der Waals surface area contributed by atoms with Crippen LogP contribution in [0.15, 0.2) is 23.1 Å². The molecule has 1 atom stereocenters. The predicted octanol–water partition coefficient (Wildman–Crippen LogP) is 2.26. The van der Waals surface area contributed by atoms with Crippen LogP contribution >= 0.6 is 0 Å². The molecule has 2 aromatic heterocycles. The minimum atomic E-state index is 0.199. The predicted molar refractivity (Wildman–Crippen MR) is 69.4 cm³/mol. The largest absolute Gasteiger partial charge is 0.469 e. The Balaban J connectivity index is 2.21. The summed E-state index contributed by atoms with van der Waals surface area (Å²) in [6, 6.07) is 2.53. The van der Waals surface area contributed by atoms with Crippen molar-refractivity contribution in [2.45, 2.75) is 39.3 Å². The molecule has 0 radical (unpaired) electrons. The molecule has 5 nitrogen and oxygen atoms in total. The van der Waals surface area contributed by atoms with Crippen molar-refractivity contribution in [2.24, 2.45) is 0 Å². The summed E-state index contributed by atoms with van der Waals surface area (Å²) in [6.07, 6.45) is 4.14. The number of likely N-dealkylation sites (N-methyl/N-ethyl adjacent to an activating group) is 1. The maximum atomic E-state index is 5.36. The maximum Gasteiger partial charge on any atom is 0.138 e. The van der Waals surface area contributed by atoms with E-state index in [1.54, 1.807) is 12.6 Å². The fourth-order valence-corrected chi connectivity index (χ4v) is 2.16. The molecule has 0 aliphatic carbocycles. The normalized spacial score (nSPS) is 13.2. The van der Waals surface area contributed by atoms with E-state index in [1.807, 2.05) is 24.7 Å². The Kier molecular flexibility index (Phi) is 3.81. The molecule has 1 N–H and O–H groups in total. The SMILES string of the molecule is CNC(Cc1ncnn1C(C)C)c1ccoc1C. The number of rotatable bonds is 5. The van der Waals surface area contributed by atoms with Gasteiger partial charge in [0.15, 0.2) is 0 Å². The monoisotopic (exact) mass is 248 g/mol. The second-order valence-electron chi connectivity index (χ2n) is 4.69. The van der Waals surface area contributed by atoms with Crippen molar-refractivity contribution < 1.29 is 4.42 Å². The molecular formula is C13H20N4O. The van der Waals surface area contributed by atoms with E-state index >= 15 is 0 Å². The molecular weight excluding hydrogens is 228 g/mol. The highest BCUT2D eigenvalue weighted by Gasteiger charge is 2.18. The van der Waals surface area contributed by atoms with Crippen molar-refractivity contribution in [1.82, 2.24) is 20.1 Å². The second-order valence-corrected chi connectivity index (χ2v) is 4.69. The van der Waals surface area contributed by atoms with Gasteiger partial charge in [-0.15, -0.1) is 0 Å². The third kappa shape index (κ3) is 2.46. The highest BCUT2D eigenvalue weighted by atomic mass is 16.3. The fraction of sp³-hybridized carbons (Fsp3) is 0.538. The number of nitrogens with one attached hydrogen (secondary N) is 1. The summed E-state index contributed by atoms with van der Waals surface area (Å²) in [5, 5.41) is 7.57. The van der Waals surface area contributed by atoms with Crippen LogP contribution in [0.25, 0.3) is 0 Å². The Morgan fingerprint density at radius 1 is 1.44 bits per heavy atom. The summed E-state index contributed by atoms with van der Waals surface area (Å²) in [5.74, 6) is 1.94. The van der Waals surface area contributed by atoms with E-state index in [0.29, 0.717) is 6.04 Å². The number of nitrogens with zero attached hydrogens (tertiary/aromatic N) is 3. The minimum Gasteiger partial charge on any atom is -0.469 e. The van der Waals surface area contributed by atoms with Gasteiger partial charge in [-0.2, -0.15) is 5.10 Å². The molecule has 0 aromatic carbocycles. The van der Waals surface area contributed by atoms with Crippen molar-refractivity contribution in [3.63, 3.8) is 0 Å². The van der Waals surface area contributed by atoms with Crippen LogP contribution in [0.5, 0.6) is 0 Å². The average Bonchev–Trinajstić information content (AvgIpc) is 2.94. The Morgan fingerprint density at radius 3 is 2.78 bits per heavy atom. The van der Waals surface area contributed by atoms with Gasteiger partial charge >= 0.3 is 0 Å². The third-order valence-electron chi connectivity index (χ3n) is 3.15. The highest BCUT2D eigenvalue weighted by molar-refractivity contribution is 5.21. The van der Waals surface area contributed by atoms with Gasteiger partial charge in [0.2, 0.25) is 0 Å². The van der Waals surface area contributed by atoms with Crippen LogP contribution in [0, 0.1) is 6.92 Å². The summed E-state index contributed by atoms with van der Waals surface area (Å²) < 4.78 is 7.32. The van der Waals surface area contributed by atoms with Gasteiger partial charge < -0.3 is 9.73 Å². The van der Waals surface area contributed by atoms with Gasteiger partial charge in [-0.05, 0) is 33.9 Å². The maximum absolute atomic E-state index is 5.36. The van der Waals surface area contributed by atoms with Gasteiger partial charge in [0.25, 0.3) is 0 Å². The molecule has 0 fully saturated rings. The fourth-order valence-electron chi connectivity index (χ4n) is 2.16. The standard InChI is InChI=1S/C13H20N4O/c1-9(2)17-13(15-8-16-17)7-12(14-4)11-5-6-18-10(11)3/h5-6,8-9,12,14H,7H2,1-4H3. The second kappa shape index (κ2) is 5.35. The van der Waals surface area contributed by atoms with E-state index in [4.69, 9.17) is 4.42 Å². The van der Waals surface area contributed by atoms with Gasteiger partial charge in [0.05, 0.1) is 6.26 Å². The summed E-state index contributed by atoms with van der Waals surface area (Å²) in [6.45, 7) is 6.19. The van der Waals surface area contributed by atoms with Crippen LogP contribution < -0.4 is 5.32 Å². The lowest BCUT2D eigenvalue weighted by Gasteiger charge is -2.16. The van der Waals surface area contributed by atoms with Crippen LogP contribution in [-0.2, 0) is 6.42 Å². The van der Waals surface area contributed by atoms with E-state index in [2.05, 4.69) is 29.2 Å². The summed E-state index contributed by atoms with van der Waals surface area (Å²) in [7, 11) is 1.95. The van der Waals surface area contributed by atoms with Gasteiger partial charge in [0, 0.05) is 24.1 Å². The first-order valence-electron chi connectivity index (χ1n) is 6.23. The molecule has 2 rings (SSSR count). The number of furan rings is 1. The molecule has 0 amide bonds. The third-order valence-corrected chi connectivity index (χ3v) is 3.15. The zero-order valence-corrected chi connectivity index (χ0v) is 11.3. The molecule has 98 valence electrons. The number of hydrogen-bond donors (Lipinski definition) is 1. The zero-order chi connectivity index (χ0) is 13.1. The van der Waals surface area contributed by atoms with Crippen molar-refractivity contribution >= 4 is 0 Å². The van der Waals surface area contributed by atoms with E-state index in [-0.39, 0.29) is 6.04 Å². The molecule has 2 heterocycles. The lowest BCUT2D eigenvalue weighted by molar-refractivity contribution is 0.470. The highest BCUT2D eigenvalue weighted by Crippen LogP contribution is 2.22. The van der Waals surface area contributed by atoms with Crippen LogP contribution in [0.1, 0.15) is 43.1 Å². The van der Waals surface area contributed by atoms with Crippen molar-refractivity contribution in [3.05, 3.63) is 35.8 Å². The first kappa shape index (κ1) is 12.8. The van der Waals surface area contributed by atoms with E-state index < -0.39 is 0 Å². The molecule has 0 bridgehead atoms. The molecule has 0 saturated heterocycles. The van der Waals surface area contributed by atoms with Gasteiger partial charge in [-0.25, -0.2) is 9.67 Å². The average molecular weight is 248 g/mol. The topological polar surface area (TPSA) is 55.9 Å². The van der Waals surface area contributed by atoms with Crippen molar-refractivity contribution in [1.29, 1.82) is 0 Å². The van der Waals surface area contributed by atoms with Gasteiger partial charge in [-0.3, -0.25) is 0 Å². The van der Waals surface area contributed by atoms with Crippen molar-refractivity contribution in [2.75, 3.05) is 7.05 Å². The number of hydrogen-bond acceptors (Lipinski definition) is 4. The summed E-state index contributed by atoms with van der Waals surface area (Å²) in [5.41, 5.74) is 1.18. The smallest absolute Gasteiger partial charge is 0.138 e. The van der Waals surface area contributed by atoms with E-state index in [9.17, 15) is 0 Å².